The molecule has 0 amide bonds. The standard InChI is InChI=1S/C45H62/c1-4-7-9-11-13-15-17-19-21-27-36-45(37-28-22-20-18-16-14-12-10-8-5-2)43-35-26-25-32-40(43)42-34-29-33-41(44(42)45)39-31-24-23-30-38(39)6-3/h3,23-26,29-35H,4-5,7-22,27-28,36-37H2,1-2H3. The van der Waals surface area contributed by atoms with Crippen LogP contribution in [0.15, 0.2) is 66.7 Å². The lowest BCUT2D eigenvalue weighted by atomic mass is 9.68. The zero-order valence-electron chi connectivity index (χ0n) is 29.0. The number of hydrogen-bond acceptors (Lipinski definition) is 0. The second-order valence-electron chi connectivity index (χ2n) is 13.9. The molecule has 0 fully saturated rings. The number of hydrogen-bond donors (Lipinski definition) is 0. The molecule has 242 valence electrons. The van der Waals surface area contributed by atoms with Crippen LogP contribution in [0.25, 0.3) is 22.3 Å². The highest BCUT2D eigenvalue weighted by Gasteiger charge is 2.43. The van der Waals surface area contributed by atoms with E-state index < -0.39 is 0 Å². The van der Waals surface area contributed by atoms with Crippen LogP contribution in [0, 0.1) is 12.3 Å². The number of fused-ring (bicyclic) bond motifs is 3. The first-order valence-corrected chi connectivity index (χ1v) is 19.1. The predicted octanol–water partition coefficient (Wildman–Crippen LogP) is 14.2. The first-order chi connectivity index (χ1) is 22.3. The minimum absolute atomic E-state index is 0.0601. The van der Waals surface area contributed by atoms with E-state index in [0.717, 1.165) is 5.56 Å². The van der Waals surface area contributed by atoms with E-state index in [1.807, 2.05) is 0 Å². The molecule has 3 aromatic rings. The fourth-order valence-electron chi connectivity index (χ4n) is 8.10. The maximum absolute atomic E-state index is 6.08. The Morgan fingerprint density at radius 2 is 0.844 bits per heavy atom. The van der Waals surface area contributed by atoms with E-state index in [0.29, 0.717) is 0 Å². The van der Waals surface area contributed by atoms with Crippen molar-refractivity contribution < 1.29 is 0 Å². The Balaban J connectivity index is 1.51. The average molecular weight is 603 g/mol. The lowest BCUT2D eigenvalue weighted by Gasteiger charge is -2.34. The van der Waals surface area contributed by atoms with Crippen molar-refractivity contribution in [3.05, 3.63) is 83.4 Å². The van der Waals surface area contributed by atoms with Gasteiger partial charge in [-0.05, 0) is 52.3 Å². The van der Waals surface area contributed by atoms with Crippen molar-refractivity contribution in [3.8, 4) is 34.6 Å². The Kier molecular flexibility index (Phi) is 15.3. The van der Waals surface area contributed by atoms with Crippen molar-refractivity contribution in [2.24, 2.45) is 0 Å². The van der Waals surface area contributed by atoms with Crippen LogP contribution in [-0.4, -0.2) is 0 Å². The van der Waals surface area contributed by atoms with Crippen molar-refractivity contribution in [2.45, 2.75) is 161 Å². The molecule has 0 atom stereocenters. The summed E-state index contributed by atoms with van der Waals surface area (Å²) >= 11 is 0. The van der Waals surface area contributed by atoms with Gasteiger partial charge < -0.3 is 0 Å². The fraction of sp³-hybridized carbons (Fsp3) is 0.556. The number of benzene rings is 3. The van der Waals surface area contributed by atoms with Crippen molar-refractivity contribution >= 4 is 0 Å². The highest BCUT2D eigenvalue weighted by Crippen LogP contribution is 2.57. The van der Waals surface area contributed by atoms with Gasteiger partial charge in [-0.1, -0.05) is 209 Å². The maximum Gasteiger partial charge on any atom is 0.0321 e. The highest BCUT2D eigenvalue weighted by molar-refractivity contribution is 5.89. The molecule has 1 aliphatic rings. The molecule has 0 radical (unpaired) electrons. The van der Waals surface area contributed by atoms with Gasteiger partial charge in [0.15, 0.2) is 0 Å². The smallest absolute Gasteiger partial charge is 0.0321 e. The molecule has 1 aliphatic carbocycles. The molecule has 45 heavy (non-hydrogen) atoms. The van der Waals surface area contributed by atoms with Gasteiger partial charge in [0, 0.05) is 11.0 Å². The molecule has 0 saturated carbocycles. The van der Waals surface area contributed by atoms with E-state index in [4.69, 9.17) is 6.42 Å². The quantitative estimate of drug-likeness (QED) is 0.0748. The Morgan fingerprint density at radius 1 is 0.444 bits per heavy atom. The van der Waals surface area contributed by atoms with Crippen LogP contribution in [0.1, 0.15) is 172 Å². The van der Waals surface area contributed by atoms with Gasteiger partial charge in [0.25, 0.3) is 0 Å². The Hall–Kier alpha value is -2.78. The zero-order chi connectivity index (χ0) is 31.6. The van der Waals surface area contributed by atoms with Crippen LogP contribution in [0.4, 0.5) is 0 Å². The van der Waals surface area contributed by atoms with Crippen molar-refractivity contribution in [1.29, 1.82) is 0 Å². The summed E-state index contributed by atoms with van der Waals surface area (Å²) in [5, 5.41) is 0. The molecule has 0 spiro atoms. The lowest BCUT2D eigenvalue weighted by molar-refractivity contribution is 0.397. The molecule has 4 rings (SSSR count). The Morgan fingerprint density at radius 3 is 1.36 bits per heavy atom. The molecule has 0 bridgehead atoms. The van der Waals surface area contributed by atoms with Gasteiger partial charge in [0.1, 0.15) is 0 Å². The number of rotatable bonds is 23. The van der Waals surface area contributed by atoms with E-state index in [9.17, 15) is 0 Å². The van der Waals surface area contributed by atoms with E-state index in [1.165, 1.54) is 164 Å². The van der Waals surface area contributed by atoms with Crippen LogP contribution in [0.3, 0.4) is 0 Å². The molecular formula is C45H62. The molecule has 0 saturated heterocycles. The van der Waals surface area contributed by atoms with Crippen LogP contribution in [0.2, 0.25) is 0 Å². The second kappa shape index (κ2) is 19.7. The van der Waals surface area contributed by atoms with Gasteiger partial charge >= 0.3 is 0 Å². The van der Waals surface area contributed by atoms with Crippen molar-refractivity contribution in [3.63, 3.8) is 0 Å². The van der Waals surface area contributed by atoms with E-state index >= 15 is 0 Å². The highest BCUT2D eigenvalue weighted by atomic mass is 14.5. The van der Waals surface area contributed by atoms with Gasteiger partial charge in [-0.3, -0.25) is 0 Å². The SMILES string of the molecule is C#Cc1ccccc1-c1cccc2c1C(CCCCCCCCCCCC)(CCCCCCCCCCCC)c1ccccc1-2. The van der Waals surface area contributed by atoms with Gasteiger partial charge in [-0.15, -0.1) is 6.42 Å². The van der Waals surface area contributed by atoms with E-state index in [-0.39, 0.29) is 5.41 Å². The average Bonchev–Trinajstić information content (AvgIpc) is 3.36. The van der Waals surface area contributed by atoms with Gasteiger partial charge in [0.2, 0.25) is 0 Å². The summed E-state index contributed by atoms with van der Waals surface area (Å²) in [5.74, 6) is 3.01. The van der Waals surface area contributed by atoms with Crippen LogP contribution in [-0.2, 0) is 5.41 Å². The first-order valence-electron chi connectivity index (χ1n) is 19.1. The molecule has 0 unspecified atom stereocenters. The minimum Gasteiger partial charge on any atom is -0.115 e. The third kappa shape index (κ3) is 9.61. The summed E-state index contributed by atoms with van der Waals surface area (Å²) in [6, 6.07) is 25.0. The second-order valence-corrected chi connectivity index (χ2v) is 13.9. The summed E-state index contributed by atoms with van der Waals surface area (Å²) in [4.78, 5) is 0. The molecule has 0 heteroatoms. The van der Waals surface area contributed by atoms with Gasteiger partial charge in [-0.25, -0.2) is 0 Å². The van der Waals surface area contributed by atoms with E-state index in [1.54, 1.807) is 11.1 Å². The van der Waals surface area contributed by atoms with Crippen LogP contribution < -0.4 is 0 Å². The third-order valence-corrected chi connectivity index (χ3v) is 10.6. The molecule has 0 nitrogen and oxygen atoms in total. The van der Waals surface area contributed by atoms with Crippen LogP contribution in [0.5, 0.6) is 0 Å². The van der Waals surface area contributed by atoms with Crippen molar-refractivity contribution in [1.82, 2.24) is 0 Å². The molecule has 0 aliphatic heterocycles. The fourth-order valence-corrected chi connectivity index (χ4v) is 8.10. The van der Waals surface area contributed by atoms with Crippen molar-refractivity contribution in [2.75, 3.05) is 0 Å². The summed E-state index contributed by atoms with van der Waals surface area (Å²) in [7, 11) is 0. The molecule has 0 N–H and O–H groups in total. The van der Waals surface area contributed by atoms with E-state index in [2.05, 4.69) is 86.5 Å². The summed E-state index contributed by atoms with van der Waals surface area (Å²) in [6.45, 7) is 4.61. The summed E-state index contributed by atoms with van der Waals surface area (Å²) in [6.07, 6.45) is 36.2. The first kappa shape index (κ1) is 35.1. The Bertz CT molecular complexity index is 1280. The number of unbranched alkanes of at least 4 members (excludes halogenated alkanes) is 18. The monoisotopic (exact) mass is 602 g/mol. The largest absolute Gasteiger partial charge is 0.115 e. The molecule has 3 aromatic carbocycles. The molecule has 0 heterocycles. The zero-order valence-corrected chi connectivity index (χ0v) is 29.0. The van der Waals surface area contributed by atoms with Crippen LogP contribution >= 0.6 is 0 Å². The van der Waals surface area contributed by atoms with Gasteiger partial charge in [0.05, 0.1) is 0 Å². The minimum atomic E-state index is 0.0601. The number of terminal acetylenes is 1. The molecule has 0 aromatic heterocycles. The summed E-state index contributed by atoms with van der Waals surface area (Å²) < 4.78 is 0. The third-order valence-electron chi connectivity index (χ3n) is 10.6. The Labute approximate surface area is 277 Å². The maximum atomic E-state index is 6.08. The van der Waals surface area contributed by atoms with Gasteiger partial charge in [-0.2, -0.15) is 0 Å². The lowest BCUT2D eigenvalue weighted by Crippen LogP contribution is -2.26. The predicted molar refractivity (Wildman–Crippen MR) is 199 cm³/mol. The topological polar surface area (TPSA) is 0 Å². The normalized spacial score (nSPS) is 13.0. The summed E-state index contributed by atoms with van der Waals surface area (Å²) in [5.41, 5.74) is 9.66. The molecular weight excluding hydrogens is 540 g/mol.